The van der Waals surface area contributed by atoms with Crippen LogP contribution in [0.15, 0.2) is 23.2 Å². The highest BCUT2D eigenvalue weighted by atomic mass is 16.5. The van der Waals surface area contributed by atoms with Gasteiger partial charge < -0.3 is 14.3 Å². The smallest absolute Gasteiger partial charge is 0.324 e. The predicted molar refractivity (Wildman–Crippen MR) is 92.4 cm³/mol. The van der Waals surface area contributed by atoms with Crippen LogP contribution in [-0.2, 0) is 0 Å². The molecule has 0 saturated carbocycles. The Morgan fingerprint density at radius 3 is 2.56 bits per heavy atom. The molecule has 8 heteroatoms. The largest absolute Gasteiger partial charge is 0.336 e. The fourth-order valence-corrected chi connectivity index (χ4v) is 3.10. The molecular weight excluding hydrogens is 320 g/mol. The summed E-state index contributed by atoms with van der Waals surface area (Å²) in [6.07, 6.45) is 6.30. The Morgan fingerprint density at radius 2 is 2.00 bits per heavy atom. The standard InChI is InChI=1S/C17H24N6O2/c1-4-23(16(24)13-9-18-11-19-10-13)14-5-7-22(8-6-14)17-20-15(12(2)3)21-25-17/h9-12,14H,4-8H2,1-3H3. The molecule has 134 valence electrons. The molecule has 0 aromatic carbocycles. The maximum atomic E-state index is 12.7. The zero-order valence-electron chi connectivity index (χ0n) is 14.9. The summed E-state index contributed by atoms with van der Waals surface area (Å²) in [6, 6.07) is 0.773. The van der Waals surface area contributed by atoms with Crippen molar-refractivity contribution >= 4 is 11.9 Å². The van der Waals surface area contributed by atoms with Crippen LogP contribution >= 0.6 is 0 Å². The SMILES string of the molecule is CCN(C(=O)c1cncnc1)C1CCN(c2nc(C(C)C)no2)CC1. The van der Waals surface area contributed by atoms with Gasteiger partial charge in [0.05, 0.1) is 5.56 Å². The molecule has 0 aliphatic carbocycles. The number of carbonyl (C=O) groups is 1. The molecule has 3 rings (SSSR count). The first-order chi connectivity index (χ1) is 12.1. The van der Waals surface area contributed by atoms with Crippen LogP contribution in [0.4, 0.5) is 6.01 Å². The number of hydrogen-bond acceptors (Lipinski definition) is 7. The Bertz CT molecular complexity index is 694. The van der Waals surface area contributed by atoms with Gasteiger partial charge in [-0.2, -0.15) is 4.98 Å². The summed E-state index contributed by atoms with van der Waals surface area (Å²) >= 11 is 0. The van der Waals surface area contributed by atoms with Crippen LogP contribution < -0.4 is 4.90 Å². The first-order valence-corrected chi connectivity index (χ1v) is 8.74. The molecular formula is C17H24N6O2. The van der Waals surface area contributed by atoms with Gasteiger partial charge in [0.1, 0.15) is 6.33 Å². The number of rotatable bonds is 5. The van der Waals surface area contributed by atoms with Gasteiger partial charge in [0.25, 0.3) is 5.91 Å². The molecule has 8 nitrogen and oxygen atoms in total. The van der Waals surface area contributed by atoms with E-state index in [1.165, 1.54) is 6.33 Å². The van der Waals surface area contributed by atoms with E-state index in [4.69, 9.17) is 4.52 Å². The van der Waals surface area contributed by atoms with E-state index in [1.54, 1.807) is 12.4 Å². The molecule has 1 saturated heterocycles. The van der Waals surface area contributed by atoms with Gasteiger partial charge in [0.2, 0.25) is 0 Å². The summed E-state index contributed by atoms with van der Waals surface area (Å²) in [7, 11) is 0. The van der Waals surface area contributed by atoms with Gasteiger partial charge in [-0.15, -0.1) is 0 Å². The van der Waals surface area contributed by atoms with Crippen LogP contribution in [0.3, 0.4) is 0 Å². The lowest BCUT2D eigenvalue weighted by atomic mass is 10.0. The molecule has 2 aromatic rings. The molecule has 0 spiro atoms. The molecule has 2 aromatic heterocycles. The van der Waals surface area contributed by atoms with Crippen LogP contribution in [0, 0.1) is 0 Å². The van der Waals surface area contributed by atoms with E-state index in [0.29, 0.717) is 18.1 Å². The van der Waals surface area contributed by atoms with Crippen LogP contribution in [0.25, 0.3) is 0 Å². The van der Waals surface area contributed by atoms with E-state index < -0.39 is 0 Å². The average molecular weight is 344 g/mol. The lowest BCUT2D eigenvalue weighted by Gasteiger charge is -2.37. The minimum absolute atomic E-state index is 0.0126. The van der Waals surface area contributed by atoms with Crippen molar-refractivity contribution < 1.29 is 9.32 Å². The highest BCUT2D eigenvalue weighted by Gasteiger charge is 2.29. The minimum Gasteiger partial charge on any atom is -0.336 e. The maximum absolute atomic E-state index is 12.7. The average Bonchev–Trinajstić information content (AvgIpc) is 3.14. The molecule has 0 radical (unpaired) electrons. The van der Waals surface area contributed by atoms with E-state index >= 15 is 0 Å². The van der Waals surface area contributed by atoms with Gasteiger partial charge in [-0.1, -0.05) is 19.0 Å². The third-order valence-electron chi connectivity index (χ3n) is 4.53. The third kappa shape index (κ3) is 3.78. The van der Waals surface area contributed by atoms with Crippen LogP contribution in [-0.4, -0.2) is 56.6 Å². The normalized spacial score (nSPS) is 15.6. The second kappa shape index (κ2) is 7.58. The van der Waals surface area contributed by atoms with Crippen LogP contribution in [0.1, 0.15) is 55.7 Å². The molecule has 1 amide bonds. The fraction of sp³-hybridized carbons (Fsp3) is 0.588. The number of aromatic nitrogens is 4. The molecule has 0 N–H and O–H groups in total. The number of hydrogen-bond donors (Lipinski definition) is 0. The summed E-state index contributed by atoms with van der Waals surface area (Å²) < 4.78 is 5.37. The first-order valence-electron chi connectivity index (χ1n) is 8.74. The number of anilines is 1. The molecule has 1 fully saturated rings. The molecule has 1 aliphatic heterocycles. The lowest BCUT2D eigenvalue weighted by molar-refractivity contribution is 0.0661. The van der Waals surface area contributed by atoms with Gasteiger partial charge in [-0.05, 0) is 19.8 Å². The highest BCUT2D eigenvalue weighted by molar-refractivity contribution is 5.93. The monoisotopic (exact) mass is 344 g/mol. The van der Waals surface area contributed by atoms with Gasteiger partial charge >= 0.3 is 6.01 Å². The minimum atomic E-state index is -0.0126. The Kier molecular flexibility index (Phi) is 5.25. The van der Waals surface area contributed by atoms with Gasteiger partial charge in [0.15, 0.2) is 5.82 Å². The van der Waals surface area contributed by atoms with Crippen molar-refractivity contribution in [2.24, 2.45) is 0 Å². The summed E-state index contributed by atoms with van der Waals surface area (Å²) in [5.41, 5.74) is 0.533. The van der Waals surface area contributed by atoms with Crippen molar-refractivity contribution in [3.05, 3.63) is 30.1 Å². The van der Waals surface area contributed by atoms with Gasteiger partial charge in [0, 0.05) is 44.0 Å². The second-order valence-electron chi connectivity index (χ2n) is 6.53. The number of carbonyl (C=O) groups excluding carboxylic acids is 1. The number of piperidine rings is 1. The Hall–Kier alpha value is -2.51. The van der Waals surface area contributed by atoms with E-state index in [9.17, 15) is 4.79 Å². The predicted octanol–water partition coefficient (Wildman–Crippen LogP) is 2.11. The van der Waals surface area contributed by atoms with E-state index in [2.05, 4.69) is 25.0 Å². The molecule has 0 atom stereocenters. The van der Waals surface area contributed by atoms with E-state index in [0.717, 1.165) is 31.8 Å². The molecule has 3 heterocycles. The second-order valence-corrected chi connectivity index (χ2v) is 6.53. The van der Waals surface area contributed by atoms with Crippen molar-refractivity contribution in [3.8, 4) is 0 Å². The number of nitrogens with zero attached hydrogens (tertiary/aromatic N) is 6. The maximum Gasteiger partial charge on any atom is 0.324 e. The summed E-state index contributed by atoms with van der Waals surface area (Å²) in [4.78, 5) is 29.0. The molecule has 1 aliphatic rings. The summed E-state index contributed by atoms with van der Waals surface area (Å²) in [6.45, 7) is 8.33. The van der Waals surface area contributed by atoms with E-state index in [-0.39, 0.29) is 17.9 Å². The highest BCUT2D eigenvalue weighted by Crippen LogP contribution is 2.23. The Labute approximate surface area is 147 Å². The summed E-state index contributed by atoms with van der Waals surface area (Å²) in [5, 5.41) is 4.02. The van der Waals surface area contributed by atoms with Crippen molar-refractivity contribution in [2.45, 2.75) is 45.6 Å². The van der Waals surface area contributed by atoms with Crippen molar-refractivity contribution in [3.63, 3.8) is 0 Å². The zero-order valence-corrected chi connectivity index (χ0v) is 14.9. The Morgan fingerprint density at radius 1 is 1.32 bits per heavy atom. The van der Waals surface area contributed by atoms with Gasteiger partial charge in [-0.3, -0.25) is 4.79 Å². The quantitative estimate of drug-likeness (QED) is 0.821. The van der Waals surface area contributed by atoms with Crippen LogP contribution in [0.2, 0.25) is 0 Å². The van der Waals surface area contributed by atoms with Crippen molar-refractivity contribution in [1.82, 2.24) is 25.0 Å². The fourth-order valence-electron chi connectivity index (χ4n) is 3.10. The van der Waals surface area contributed by atoms with Gasteiger partial charge in [-0.25, -0.2) is 9.97 Å². The zero-order chi connectivity index (χ0) is 17.8. The Balaban J connectivity index is 1.63. The summed E-state index contributed by atoms with van der Waals surface area (Å²) in [5.74, 6) is 0.962. The third-order valence-corrected chi connectivity index (χ3v) is 4.53. The molecule has 0 unspecified atom stereocenters. The lowest BCUT2D eigenvalue weighted by Crippen LogP contribution is -2.47. The van der Waals surface area contributed by atoms with Crippen LogP contribution in [0.5, 0.6) is 0 Å². The van der Waals surface area contributed by atoms with Crippen molar-refractivity contribution in [2.75, 3.05) is 24.5 Å². The topological polar surface area (TPSA) is 88.3 Å². The van der Waals surface area contributed by atoms with Crippen molar-refractivity contribution in [1.29, 1.82) is 0 Å². The first kappa shape index (κ1) is 17.3. The molecule has 0 bridgehead atoms. The number of amides is 1. The van der Waals surface area contributed by atoms with E-state index in [1.807, 2.05) is 25.7 Å². The molecule has 25 heavy (non-hydrogen) atoms.